The molecule has 5 heterocycles. The molecule has 1 amide bonds. The van der Waals surface area contributed by atoms with E-state index in [1.165, 1.54) is 6.42 Å². The molecule has 1 aliphatic carbocycles. The third-order valence-electron chi connectivity index (χ3n) is 8.38. The van der Waals surface area contributed by atoms with Crippen molar-refractivity contribution in [2.75, 3.05) is 31.0 Å². The molecule has 7 rings (SSSR count). The quantitative estimate of drug-likeness (QED) is 0.190. The first-order valence-corrected chi connectivity index (χ1v) is 15.9. The van der Waals surface area contributed by atoms with Crippen LogP contribution in [0.4, 0.5) is 10.5 Å². The molecule has 13 heteroatoms. The lowest BCUT2D eigenvalue weighted by molar-refractivity contribution is -0.0366. The minimum atomic E-state index is -0.377. The fraction of sp³-hybridized carbons (Fsp3) is 0.452. The van der Waals surface area contributed by atoms with Gasteiger partial charge in [0.2, 0.25) is 0 Å². The van der Waals surface area contributed by atoms with Gasteiger partial charge in [-0.3, -0.25) is 0 Å². The van der Waals surface area contributed by atoms with Gasteiger partial charge in [-0.2, -0.15) is 5.10 Å². The van der Waals surface area contributed by atoms with Crippen LogP contribution in [0.1, 0.15) is 56.0 Å². The zero-order chi connectivity index (χ0) is 29.9. The number of imidazole rings is 1. The Kier molecular flexibility index (Phi) is 8.34. The van der Waals surface area contributed by atoms with Gasteiger partial charge in [0.1, 0.15) is 11.3 Å². The third kappa shape index (κ3) is 6.22. The Hall–Kier alpha value is -4.16. The van der Waals surface area contributed by atoms with Crippen molar-refractivity contribution in [3.05, 3.63) is 60.3 Å². The van der Waals surface area contributed by atoms with Crippen molar-refractivity contribution in [2.24, 2.45) is 5.92 Å². The van der Waals surface area contributed by atoms with Crippen molar-refractivity contribution < 1.29 is 14.3 Å². The van der Waals surface area contributed by atoms with Crippen LogP contribution in [0.3, 0.4) is 0 Å². The molecule has 1 atom stereocenters. The number of fused-ring (bicyclic) bond motifs is 2. The fourth-order valence-electron chi connectivity index (χ4n) is 5.81. The molecule has 12 nitrogen and oxygen atoms in total. The average molecular weight is 618 g/mol. The maximum Gasteiger partial charge on any atom is 0.407 e. The van der Waals surface area contributed by atoms with E-state index in [0.29, 0.717) is 38.0 Å². The molecule has 0 spiro atoms. The van der Waals surface area contributed by atoms with Gasteiger partial charge < -0.3 is 24.5 Å². The smallest absolute Gasteiger partial charge is 0.407 e. The van der Waals surface area contributed by atoms with Crippen LogP contribution in [0.2, 0.25) is 0 Å². The highest BCUT2D eigenvalue weighted by Gasteiger charge is 2.22. The number of pyridine rings is 1. The Morgan fingerprint density at radius 3 is 2.86 bits per heavy atom. The van der Waals surface area contributed by atoms with Gasteiger partial charge >= 0.3 is 6.09 Å². The SMILES string of the molecule is O=C(NCc1ccc2nc(Cn3cc(-c4cc(NCCCl)cc5c4cnn5C4CCCCO4)nn3)cn2c1)OCC1CCC1. The lowest BCUT2D eigenvalue weighted by Gasteiger charge is -2.24. The number of alkyl halides is 1. The number of anilines is 1. The van der Waals surface area contributed by atoms with Crippen molar-refractivity contribution in [1.82, 2.24) is 39.5 Å². The van der Waals surface area contributed by atoms with Gasteiger partial charge in [-0.25, -0.2) is 19.1 Å². The summed E-state index contributed by atoms with van der Waals surface area (Å²) in [5, 5.41) is 20.9. The monoisotopic (exact) mass is 617 g/mol. The summed E-state index contributed by atoms with van der Waals surface area (Å²) in [7, 11) is 0. The van der Waals surface area contributed by atoms with Crippen LogP contribution in [0.25, 0.3) is 27.8 Å². The molecule has 2 N–H and O–H groups in total. The van der Waals surface area contributed by atoms with E-state index in [2.05, 4.69) is 33.1 Å². The first kappa shape index (κ1) is 28.6. The Morgan fingerprint density at radius 2 is 2.05 bits per heavy atom. The fourth-order valence-corrected chi connectivity index (χ4v) is 5.91. The number of alkyl carbamates (subject to hydrolysis) is 1. The maximum absolute atomic E-state index is 12.1. The van der Waals surface area contributed by atoms with Crippen LogP contribution in [0.5, 0.6) is 0 Å². The zero-order valence-electron chi connectivity index (χ0n) is 24.5. The molecule has 1 aromatic carbocycles. The van der Waals surface area contributed by atoms with E-state index in [0.717, 1.165) is 83.5 Å². The molecule has 1 aliphatic heterocycles. The van der Waals surface area contributed by atoms with Crippen molar-refractivity contribution in [3.8, 4) is 11.3 Å². The molecule has 5 aromatic rings. The molecule has 1 unspecified atom stereocenters. The highest BCUT2D eigenvalue weighted by atomic mass is 35.5. The normalized spacial score (nSPS) is 17.2. The molecule has 2 aliphatic rings. The highest BCUT2D eigenvalue weighted by Crippen LogP contribution is 2.34. The minimum Gasteiger partial charge on any atom is -0.449 e. The van der Waals surface area contributed by atoms with Crippen molar-refractivity contribution in [1.29, 1.82) is 0 Å². The predicted molar refractivity (Wildman–Crippen MR) is 167 cm³/mol. The number of ether oxygens (including phenoxy) is 2. The van der Waals surface area contributed by atoms with Crippen molar-refractivity contribution >= 4 is 39.9 Å². The summed E-state index contributed by atoms with van der Waals surface area (Å²) in [5.41, 5.74) is 6.22. The standard InChI is InChI=1S/C31H36ClN9O3/c32-9-10-33-23-12-25(26-15-35-41(28(26)13-23)30-6-1-2-11-43-30)27-19-40(38-37-27)18-24-17-39-16-22(7-8-29(39)36-24)14-34-31(42)44-20-21-4-3-5-21/h7-8,12-13,15-17,19,21,30,33H,1-6,9-11,14,18,20H2,(H,34,42). The number of rotatable bonds is 11. The minimum absolute atomic E-state index is 0.0785. The highest BCUT2D eigenvalue weighted by molar-refractivity contribution is 6.18. The molecule has 4 aromatic heterocycles. The van der Waals surface area contributed by atoms with Crippen LogP contribution in [0, 0.1) is 5.92 Å². The molecule has 1 saturated heterocycles. The van der Waals surface area contributed by atoms with E-state index in [4.69, 9.17) is 31.2 Å². The van der Waals surface area contributed by atoms with Crippen LogP contribution in [-0.4, -0.2) is 65.9 Å². The summed E-state index contributed by atoms with van der Waals surface area (Å²) >= 11 is 5.98. The number of amides is 1. The first-order chi connectivity index (χ1) is 21.6. The maximum atomic E-state index is 12.1. The number of nitrogens with one attached hydrogen (secondary N) is 2. The van der Waals surface area contributed by atoms with Gasteiger partial charge in [0.25, 0.3) is 0 Å². The number of hydrogen-bond donors (Lipinski definition) is 2. The van der Waals surface area contributed by atoms with Crippen LogP contribution < -0.4 is 10.6 Å². The molecule has 230 valence electrons. The van der Waals surface area contributed by atoms with Crippen molar-refractivity contribution in [2.45, 2.75) is 57.8 Å². The summed E-state index contributed by atoms with van der Waals surface area (Å²) in [6.07, 6.45) is 14.0. The van der Waals surface area contributed by atoms with E-state index in [1.807, 2.05) is 46.0 Å². The molecule has 0 bridgehead atoms. The zero-order valence-corrected chi connectivity index (χ0v) is 25.2. The Morgan fingerprint density at radius 1 is 1.11 bits per heavy atom. The number of hydrogen-bond acceptors (Lipinski definition) is 8. The second-order valence-corrected chi connectivity index (χ2v) is 11.9. The van der Waals surface area contributed by atoms with E-state index in [1.54, 1.807) is 4.68 Å². The molecule has 2 fully saturated rings. The number of benzene rings is 1. The second kappa shape index (κ2) is 12.8. The van der Waals surface area contributed by atoms with E-state index < -0.39 is 0 Å². The van der Waals surface area contributed by atoms with Gasteiger partial charge in [-0.05, 0) is 61.8 Å². The summed E-state index contributed by atoms with van der Waals surface area (Å²) < 4.78 is 17.1. The average Bonchev–Trinajstić information content (AvgIpc) is 3.76. The molecule has 0 radical (unpaired) electrons. The second-order valence-electron chi connectivity index (χ2n) is 11.6. The van der Waals surface area contributed by atoms with E-state index >= 15 is 0 Å². The number of carbonyl (C=O) groups excluding carboxylic acids is 1. The lowest BCUT2D eigenvalue weighted by Crippen LogP contribution is -2.27. The van der Waals surface area contributed by atoms with Crippen LogP contribution in [0.15, 0.2) is 49.1 Å². The van der Waals surface area contributed by atoms with Crippen LogP contribution >= 0.6 is 11.6 Å². The summed E-state index contributed by atoms with van der Waals surface area (Å²) in [4.78, 5) is 16.8. The van der Waals surface area contributed by atoms with Gasteiger partial charge in [-0.15, -0.1) is 16.7 Å². The predicted octanol–water partition coefficient (Wildman–Crippen LogP) is 5.37. The Balaban J connectivity index is 1.07. The molecule has 44 heavy (non-hydrogen) atoms. The number of carbonyl (C=O) groups is 1. The topological polar surface area (TPSA) is 125 Å². The Bertz CT molecular complexity index is 1750. The molecular formula is C31H36ClN9O3. The van der Waals surface area contributed by atoms with Gasteiger partial charge in [-0.1, -0.05) is 17.7 Å². The van der Waals surface area contributed by atoms with E-state index in [9.17, 15) is 4.79 Å². The van der Waals surface area contributed by atoms with Crippen molar-refractivity contribution in [3.63, 3.8) is 0 Å². The summed E-state index contributed by atoms with van der Waals surface area (Å²) in [5.74, 6) is 1.02. The Labute approximate surface area is 259 Å². The third-order valence-corrected chi connectivity index (χ3v) is 8.57. The number of aromatic nitrogens is 7. The number of nitrogens with zero attached hydrogens (tertiary/aromatic N) is 7. The molecular weight excluding hydrogens is 582 g/mol. The van der Waals surface area contributed by atoms with Crippen LogP contribution in [-0.2, 0) is 22.6 Å². The summed E-state index contributed by atoms with van der Waals surface area (Å²) in [6, 6.07) is 8.07. The first-order valence-electron chi connectivity index (χ1n) is 15.3. The van der Waals surface area contributed by atoms with Gasteiger partial charge in [0, 0.05) is 54.6 Å². The van der Waals surface area contributed by atoms with E-state index in [-0.39, 0.29) is 12.3 Å². The number of halogens is 1. The van der Waals surface area contributed by atoms with Gasteiger partial charge in [0.05, 0.1) is 36.8 Å². The summed E-state index contributed by atoms with van der Waals surface area (Å²) in [6.45, 7) is 2.73. The largest absolute Gasteiger partial charge is 0.449 e. The lowest BCUT2D eigenvalue weighted by atomic mass is 9.86. The molecule has 1 saturated carbocycles. The van der Waals surface area contributed by atoms with Gasteiger partial charge in [0.15, 0.2) is 6.23 Å².